The van der Waals surface area contributed by atoms with Gasteiger partial charge in [-0.2, -0.15) is 0 Å². The number of hydrogen-bond acceptors (Lipinski definition) is 4. The van der Waals surface area contributed by atoms with Gasteiger partial charge in [-0.05, 0) is 63.5 Å². The van der Waals surface area contributed by atoms with E-state index in [1.165, 1.54) is 103 Å². The van der Waals surface area contributed by atoms with E-state index < -0.39 is 60.7 Å². The predicted octanol–water partition coefficient (Wildman–Crippen LogP) is 12.9. The quantitative estimate of drug-likeness (QED) is 0.0615. The van der Waals surface area contributed by atoms with E-state index >= 15 is 0 Å². The van der Waals surface area contributed by atoms with Crippen LogP contribution in [0.3, 0.4) is 0 Å². The predicted molar refractivity (Wildman–Crippen MR) is 226 cm³/mol. The Hall–Kier alpha value is -2.04. The molecule has 0 heterocycles. The van der Waals surface area contributed by atoms with E-state index in [1.54, 1.807) is 49.3 Å². The van der Waals surface area contributed by atoms with Gasteiger partial charge in [0.1, 0.15) is 0 Å². The third-order valence-corrected chi connectivity index (χ3v) is 20.1. The standard InChI is InChI=1S/2C16H36P.C10H6O8/c2*1-5-9-13-17(14-10-6-2,15-11-7-3)16-12-8-4;11-7(12)3-1-4(8(13)14)6(10(17)18)2-5(3)9(15)16/h2*5-16H2,1-4H3;1-2H,(H,11,12)(H,13,14)(H,15,16)(H,17,18)/q2*+1;. The van der Waals surface area contributed by atoms with E-state index in [4.69, 9.17) is 20.4 Å². The van der Waals surface area contributed by atoms with Crippen LogP contribution in [0.1, 0.15) is 200 Å². The van der Waals surface area contributed by atoms with E-state index in [9.17, 15) is 19.2 Å². The molecule has 1 aromatic rings. The van der Waals surface area contributed by atoms with Gasteiger partial charge in [-0.1, -0.05) is 107 Å². The molecule has 0 amide bonds. The minimum Gasteiger partial charge on any atom is -0.478 e. The first-order valence-corrected chi connectivity index (χ1v) is 25.6. The lowest BCUT2D eigenvalue weighted by Gasteiger charge is -2.28. The molecule has 0 aliphatic carbocycles. The second kappa shape index (κ2) is 31.3. The number of benzene rings is 1. The molecule has 0 atom stereocenters. The van der Waals surface area contributed by atoms with E-state index in [0.717, 1.165) is 0 Å². The van der Waals surface area contributed by atoms with Crippen LogP contribution in [0.15, 0.2) is 12.1 Å². The summed E-state index contributed by atoms with van der Waals surface area (Å²) >= 11 is 0. The molecule has 302 valence electrons. The number of carboxylic acids is 4. The highest BCUT2D eigenvalue weighted by Gasteiger charge is 2.35. The molecule has 4 N–H and O–H groups in total. The Bertz CT molecular complexity index is 928. The summed E-state index contributed by atoms with van der Waals surface area (Å²) in [4.78, 5) is 43.1. The largest absolute Gasteiger partial charge is 0.478 e. The Kier molecular flexibility index (Phi) is 31.4. The van der Waals surface area contributed by atoms with Crippen molar-refractivity contribution >= 4 is 38.4 Å². The molecule has 0 saturated heterocycles. The van der Waals surface area contributed by atoms with Crippen LogP contribution in [0.5, 0.6) is 0 Å². The second-order valence-electron chi connectivity index (χ2n) is 14.5. The Balaban J connectivity index is 0. The zero-order chi connectivity index (χ0) is 40.0. The zero-order valence-corrected chi connectivity index (χ0v) is 36.2. The summed E-state index contributed by atoms with van der Waals surface area (Å²) in [6, 6.07) is 1.02. The van der Waals surface area contributed by atoms with Crippen LogP contribution in [0.4, 0.5) is 0 Å². The molecule has 0 bridgehead atoms. The van der Waals surface area contributed by atoms with Crippen molar-refractivity contribution in [3.63, 3.8) is 0 Å². The van der Waals surface area contributed by atoms with Crippen LogP contribution >= 0.6 is 14.5 Å². The fraction of sp³-hybridized carbons (Fsp3) is 0.762. The van der Waals surface area contributed by atoms with Gasteiger partial charge in [0.25, 0.3) is 0 Å². The van der Waals surface area contributed by atoms with Crippen molar-refractivity contribution < 1.29 is 39.6 Å². The van der Waals surface area contributed by atoms with Crippen molar-refractivity contribution in [2.75, 3.05) is 49.3 Å². The fourth-order valence-corrected chi connectivity index (χ4v) is 17.2. The fourth-order valence-electron chi connectivity index (χ4n) is 6.60. The van der Waals surface area contributed by atoms with Crippen molar-refractivity contribution in [1.29, 1.82) is 0 Å². The molecule has 0 aliphatic rings. The monoisotopic (exact) mass is 773 g/mol. The molecule has 0 spiro atoms. The number of carboxylic acid groups (broad SMARTS) is 4. The molecular formula is C42H78O8P2+2. The summed E-state index contributed by atoms with van der Waals surface area (Å²) in [6.07, 6.45) is 35.9. The molecule has 0 aromatic heterocycles. The van der Waals surface area contributed by atoms with Gasteiger partial charge < -0.3 is 20.4 Å². The first kappa shape index (κ1) is 52.1. The van der Waals surface area contributed by atoms with Crippen molar-refractivity contribution in [1.82, 2.24) is 0 Å². The highest BCUT2D eigenvalue weighted by atomic mass is 31.2. The molecule has 0 unspecified atom stereocenters. The first-order chi connectivity index (χ1) is 24.7. The Morgan fingerprint density at radius 2 is 0.481 bits per heavy atom. The van der Waals surface area contributed by atoms with Gasteiger partial charge in [0.2, 0.25) is 0 Å². The summed E-state index contributed by atoms with van der Waals surface area (Å²) in [7, 11) is -1.12. The van der Waals surface area contributed by atoms with Gasteiger partial charge in [0.05, 0.1) is 71.5 Å². The number of hydrogen-bond donors (Lipinski definition) is 4. The summed E-state index contributed by atoms with van der Waals surface area (Å²) in [5.74, 6) is -6.64. The van der Waals surface area contributed by atoms with E-state index in [0.29, 0.717) is 12.1 Å². The molecule has 1 rings (SSSR count). The van der Waals surface area contributed by atoms with Gasteiger partial charge in [0.15, 0.2) is 0 Å². The maximum Gasteiger partial charge on any atom is 0.336 e. The van der Waals surface area contributed by atoms with Crippen LogP contribution in [0.25, 0.3) is 0 Å². The number of aromatic carboxylic acids is 4. The smallest absolute Gasteiger partial charge is 0.336 e. The van der Waals surface area contributed by atoms with Crippen LogP contribution in [0, 0.1) is 0 Å². The van der Waals surface area contributed by atoms with Crippen molar-refractivity contribution in [2.45, 2.75) is 158 Å². The maximum atomic E-state index is 10.8. The van der Waals surface area contributed by atoms with Gasteiger partial charge in [0, 0.05) is 14.5 Å². The van der Waals surface area contributed by atoms with E-state index in [2.05, 4.69) is 55.4 Å². The molecular weight excluding hydrogens is 694 g/mol. The Morgan fingerprint density at radius 1 is 0.346 bits per heavy atom. The van der Waals surface area contributed by atoms with Crippen molar-refractivity contribution in [3.8, 4) is 0 Å². The van der Waals surface area contributed by atoms with Crippen LogP contribution in [-0.4, -0.2) is 93.6 Å². The number of carbonyl (C=O) groups is 4. The molecule has 8 nitrogen and oxygen atoms in total. The Morgan fingerprint density at radius 3 is 0.577 bits per heavy atom. The lowest BCUT2D eigenvalue weighted by atomic mass is 9.98. The SMILES string of the molecule is CCCC[P+](CCCC)(CCCC)CCCC.CCCC[P+](CCCC)(CCCC)CCCC.O=C(O)c1cc(C(=O)O)c(C(=O)O)cc1C(=O)O. The molecule has 0 aliphatic heterocycles. The summed E-state index contributed by atoms with van der Waals surface area (Å²) in [5, 5.41) is 35.0. The topological polar surface area (TPSA) is 149 Å². The normalized spacial score (nSPS) is 11.2. The van der Waals surface area contributed by atoms with Crippen molar-refractivity contribution in [3.05, 3.63) is 34.4 Å². The number of unbranched alkanes of at least 4 members (excludes halogenated alkanes) is 8. The van der Waals surface area contributed by atoms with Gasteiger partial charge >= 0.3 is 23.9 Å². The minimum absolute atomic E-state index is 0.511. The molecule has 1 aromatic carbocycles. The maximum absolute atomic E-state index is 10.8. The average Bonchev–Trinajstić information content (AvgIpc) is 3.13. The summed E-state index contributed by atoms with van der Waals surface area (Å²) < 4.78 is 0. The second-order valence-corrected chi connectivity index (χ2v) is 23.4. The lowest BCUT2D eigenvalue weighted by molar-refractivity contribution is 0.0637. The van der Waals surface area contributed by atoms with Gasteiger partial charge in [-0.3, -0.25) is 0 Å². The van der Waals surface area contributed by atoms with Crippen LogP contribution in [-0.2, 0) is 0 Å². The third kappa shape index (κ3) is 21.6. The zero-order valence-electron chi connectivity index (χ0n) is 34.4. The van der Waals surface area contributed by atoms with Gasteiger partial charge in [-0.25, -0.2) is 19.2 Å². The average molecular weight is 773 g/mol. The van der Waals surface area contributed by atoms with Crippen LogP contribution < -0.4 is 0 Å². The molecule has 0 radical (unpaired) electrons. The molecule has 10 heteroatoms. The number of rotatable bonds is 28. The molecule has 0 fully saturated rings. The van der Waals surface area contributed by atoms with E-state index in [-0.39, 0.29) is 0 Å². The molecule has 52 heavy (non-hydrogen) atoms. The third-order valence-electron chi connectivity index (χ3n) is 9.97. The minimum atomic E-state index is -1.66. The summed E-state index contributed by atoms with van der Waals surface area (Å²) in [6.45, 7) is 18.8. The highest BCUT2D eigenvalue weighted by Crippen LogP contribution is 2.62. The van der Waals surface area contributed by atoms with Crippen molar-refractivity contribution in [2.24, 2.45) is 0 Å². The van der Waals surface area contributed by atoms with Crippen LogP contribution in [0.2, 0.25) is 0 Å². The summed E-state index contributed by atoms with van der Waals surface area (Å²) in [5.41, 5.74) is -3.15. The Labute approximate surface area is 319 Å². The lowest BCUT2D eigenvalue weighted by Crippen LogP contribution is -2.15. The van der Waals surface area contributed by atoms with E-state index in [1.807, 2.05) is 0 Å². The molecule has 0 saturated carbocycles. The highest BCUT2D eigenvalue weighted by molar-refractivity contribution is 7.76. The van der Waals surface area contributed by atoms with Gasteiger partial charge in [-0.15, -0.1) is 0 Å². The first-order valence-electron chi connectivity index (χ1n) is 20.6.